The molecule has 0 aliphatic heterocycles. The van der Waals surface area contributed by atoms with E-state index in [2.05, 4.69) is 15.5 Å². The Labute approximate surface area is 116 Å². The average molecular weight is 300 g/mol. The van der Waals surface area contributed by atoms with E-state index in [1.54, 1.807) is 6.92 Å². The Morgan fingerprint density at radius 3 is 2.58 bits per heavy atom. The minimum absolute atomic E-state index is 0.0716. The maximum atomic E-state index is 11.4. The topological polar surface area (TPSA) is 72.0 Å². The molecule has 2 aromatic rings. The number of halogens is 1. The molecule has 0 unspecified atom stereocenters. The Morgan fingerprint density at radius 1 is 1.21 bits per heavy atom. The molecule has 1 heterocycles. The molecule has 19 heavy (non-hydrogen) atoms. The highest BCUT2D eigenvalue weighted by Gasteiger charge is 2.09. The number of anilines is 1. The number of fused-ring (bicyclic) bond motifs is 1. The second kappa shape index (κ2) is 5.71. The molecular weight excluding hydrogens is 286 g/mol. The third kappa shape index (κ3) is 3.33. The molecule has 5 nitrogen and oxygen atoms in total. The summed E-state index contributed by atoms with van der Waals surface area (Å²) in [6, 6.07) is 7.45. The molecule has 0 aliphatic carbocycles. The van der Waals surface area contributed by atoms with E-state index in [0.717, 1.165) is 10.8 Å². The molecule has 0 fully saturated rings. The maximum Gasteiger partial charge on any atom is 0.159 e. The van der Waals surface area contributed by atoms with Gasteiger partial charge in [0.15, 0.2) is 20.8 Å². The molecule has 0 atom stereocenters. The van der Waals surface area contributed by atoms with Crippen molar-refractivity contribution in [2.45, 2.75) is 6.92 Å². The summed E-state index contributed by atoms with van der Waals surface area (Å²) in [5.41, 5.74) is 0. The molecule has 1 N–H and O–H groups in total. The fourth-order valence-corrected chi connectivity index (χ4v) is 2.58. The van der Waals surface area contributed by atoms with Crippen molar-refractivity contribution in [3.05, 3.63) is 29.4 Å². The number of nitrogens with one attached hydrogen (secondary N) is 1. The Morgan fingerprint density at radius 2 is 1.89 bits per heavy atom. The molecule has 102 valence electrons. The standard InChI is InChI=1S/C12H14ClN3O2S/c1-2-19(17,18)8-7-14-12-10-6-4-3-5-9(10)11(13)15-16-12/h3-6H,2,7-8H2,1H3,(H,14,16). The van der Waals surface area contributed by atoms with Crippen molar-refractivity contribution in [3.63, 3.8) is 0 Å². The van der Waals surface area contributed by atoms with Crippen LogP contribution in [0.25, 0.3) is 10.8 Å². The lowest BCUT2D eigenvalue weighted by atomic mass is 10.2. The lowest BCUT2D eigenvalue weighted by Gasteiger charge is -2.08. The van der Waals surface area contributed by atoms with Gasteiger partial charge in [0.25, 0.3) is 0 Å². The summed E-state index contributed by atoms with van der Waals surface area (Å²) in [6.45, 7) is 1.93. The van der Waals surface area contributed by atoms with Gasteiger partial charge in [0.1, 0.15) is 0 Å². The van der Waals surface area contributed by atoms with Gasteiger partial charge in [-0.25, -0.2) is 8.42 Å². The molecule has 0 radical (unpaired) electrons. The zero-order valence-electron chi connectivity index (χ0n) is 10.4. The summed E-state index contributed by atoms with van der Waals surface area (Å²) >= 11 is 5.96. The summed E-state index contributed by atoms with van der Waals surface area (Å²) in [4.78, 5) is 0. The van der Waals surface area contributed by atoms with Crippen LogP contribution in [0.2, 0.25) is 5.15 Å². The molecule has 0 amide bonds. The highest BCUT2D eigenvalue weighted by molar-refractivity contribution is 7.91. The number of hydrogen-bond acceptors (Lipinski definition) is 5. The molecule has 7 heteroatoms. The van der Waals surface area contributed by atoms with Gasteiger partial charge in [0.2, 0.25) is 0 Å². The molecule has 2 rings (SSSR count). The summed E-state index contributed by atoms with van der Waals surface area (Å²) in [5.74, 6) is 0.760. The number of benzene rings is 1. The van der Waals surface area contributed by atoms with Crippen LogP contribution < -0.4 is 5.32 Å². The molecule has 0 saturated heterocycles. The summed E-state index contributed by atoms with van der Waals surface area (Å²) in [5, 5.41) is 12.8. The van der Waals surface area contributed by atoms with Gasteiger partial charge in [-0.3, -0.25) is 0 Å². The van der Waals surface area contributed by atoms with E-state index in [4.69, 9.17) is 11.6 Å². The van der Waals surface area contributed by atoms with Crippen molar-refractivity contribution < 1.29 is 8.42 Å². The third-order valence-electron chi connectivity index (χ3n) is 2.79. The Hall–Kier alpha value is -1.40. The first-order valence-electron chi connectivity index (χ1n) is 5.88. The number of hydrogen-bond donors (Lipinski definition) is 1. The normalized spacial score (nSPS) is 11.7. The van der Waals surface area contributed by atoms with E-state index in [-0.39, 0.29) is 11.5 Å². The minimum Gasteiger partial charge on any atom is -0.367 e. The van der Waals surface area contributed by atoms with Gasteiger partial charge < -0.3 is 5.32 Å². The van der Waals surface area contributed by atoms with Crippen LogP contribution in [-0.4, -0.2) is 36.7 Å². The van der Waals surface area contributed by atoms with Crippen molar-refractivity contribution in [2.24, 2.45) is 0 Å². The zero-order chi connectivity index (χ0) is 13.9. The van der Waals surface area contributed by atoms with Crippen molar-refractivity contribution in [3.8, 4) is 0 Å². The molecule has 0 bridgehead atoms. The van der Waals surface area contributed by atoms with Crippen LogP contribution in [0, 0.1) is 0 Å². The Balaban J connectivity index is 2.20. The lowest BCUT2D eigenvalue weighted by Crippen LogP contribution is -2.18. The molecule has 1 aromatic heterocycles. The first kappa shape index (κ1) is 14.0. The quantitative estimate of drug-likeness (QED) is 0.915. The SMILES string of the molecule is CCS(=O)(=O)CCNc1nnc(Cl)c2ccccc12. The number of nitrogens with zero attached hydrogens (tertiary/aromatic N) is 2. The van der Waals surface area contributed by atoms with Crippen LogP contribution in [0.4, 0.5) is 5.82 Å². The van der Waals surface area contributed by atoms with Crippen LogP contribution in [0.1, 0.15) is 6.92 Å². The molecule has 0 spiro atoms. The first-order chi connectivity index (χ1) is 9.03. The molecular formula is C12H14ClN3O2S. The highest BCUT2D eigenvalue weighted by atomic mass is 35.5. The number of sulfone groups is 1. The van der Waals surface area contributed by atoms with Crippen LogP contribution in [0.5, 0.6) is 0 Å². The third-order valence-corrected chi connectivity index (χ3v) is 4.77. The maximum absolute atomic E-state index is 11.4. The van der Waals surface area contributed by atoms with Gasteiger partial charge in [-0.05, 0) is 0 Å². The minimum atomic E-state index is -2.99. The van der Waals surface area contributed by atoms with Crippen molar-refractivity contribution in [1.82, 2.24) is 10.2 Å². The largest absolute Gasteiger partial charge is 0.367 e. The Bertz CT molecular complexity index is 688. The highest BCUT2D eigenvalue weighted by Crippen LogP contribution is 2.25. The predicted octanol–water partition coefficient (Wildman–Crippen LogP) is 2.13. The zero-order valence-corrected chi connectivity index (χ0v) is 12.0. The van der Waals surface area contributed by atoms with Crippen LogP contribution in [0.15, 0.2) is 24.3 Å². The molecule has 0 saturated carbocycles. The number of aromatic nitrogens is 2. The smallest absolute Gasteiger partial charge is 0.159 e. The van der Waals surface area contributed by atoms with E-state index in [1.807, 2.05) is 24.3 Å². The second-order valence-electron chi connectivity index (χ2n) is 4.05. The van der Waals surface area contributed by atoms with Crippen LogP contribution >= 0.6 is 11.6 Å². The average Bonchev–Trinajstić information content (AvgIpc) is 2.42. The summed E-state index contributed by atoms with van der Waals surface area (Å²) in [7, 11) is -2.99. The predicted molar refractivity (Wildman–Crippen MR) is 77.4 cm³/mol. The lowest BCUT2D eigenvalue weighted by molar-refractivity contribution is 0.597. The van der Waals surface area contributed by atoms with Crippen LogP contribution in [-0.2, 0) is 9.84 Å². The number of rotatable bonds is 5. The van der Waals surface area contributed by atoms with Gasteiger partial charge >= 0.3 is 0 Å². The fourth-order valence-electron chi connectivity index (χ4n) is 1.67. The molecule has 0 aliphatic rings. The fraction of sp³-hybridized carbons (Fsp3) is 0.333. The van der Waals surface area contributed by atoms with Crippen molar-refractivity contribution in [2.75, 3.05) is 23.4 Å². The van der Waals surface area contributed by atoms with Crippen molar-refractivity contribution >= 4 is 38.0 Å². The van der Waals surface area contributed by atoms with Crippen molar-refractivity contribution in [1.29, 1.82) is 0 Å². The second-order valence-corrected chi connectivity index (χ2v) is 6.88. The summed E-state index contributed by atoms with van der Waals surface area (Å²) in [6.07, 6.45) is 0. The van der Waals surface area contributed by atoms with E-state index >= 15 is 0 Å². The van der Waals surface area contributed by atoms with E-state index < -0.39 is 9.84 Å². The van der Waals surface area contributed by atoms with Crippen LogP contribution in [0.3, 0.4) is 0 Å². The van der Waals surface area contributed by atoms with E-state index in [9.17, 15) is 8.42 Å². The van der Waals surface area contributed by atoms with Gasteiger partial charge in [0.05, 0.1) is 5.75 Å². The van der Waals surface area contributed by atoms with Gasteiger partial charge in [0, 0.05) is 23.1 Å². The summed E-state index contributed by atoms with van der Waals surface area (Å²) < 4.78 is 22.8. The van der Waals surface area contributed by atoms with E-state index in [0.29, 0.717) is 17.5 Å². The van der Waals surface area contributed by atoms with Gasteiger partial charge in [-0.1, -0.05) is 42.8 Å². The monoisotopic (exact) mass is 299 g/mol. The van der Waals surface area contributed by atoms with Gasteiger partial charge in [-0.2, -0.15) is 0 Å². The molecule has 1 aromatic carbocycles. The van der Waals surface area contributed by atoms with E-state index in [1.165, 1.54) is 0 Å². The Kier molecular flexibility index (Phi) is 4.21. The van der Waals surface area contributed by atoms with Gasteiger partial charge in [-0.15, -0.1) is 10.2 Å². The first-order valence-corrected chi connectivity index (χ1v) is 8.08.